The Bertz CT molecular complexity index is 684. The number of tetrazole rings is 1. The molecule has 0 fully saturated rings. The fourth-order valence-corrected chi connectivity index (χ4v) is 3.10. The molecular formula is C16H23N5O3S. The third-order valence-corrected chi connectivity index (χ3v) is 4.47. The van der Waals surface area contributed by atoms with E-state index in [1.54, 1.807) is 11.4 Å². The van der Waals surface area contributed by atoms with Crippen LogP contribution in [-0.4, -0.2) is 44.7 Å². The highest BCUT2D eigenvalue weighted by Gasteiger charge is 2.18. The van der Waals surface area contributed by atoms with Crippen LogP contribution < -0.4 is 5.32 Å². The molecule has 8 nitrogen and oxygen atoms in total. The molecule has 1 amide bonds. The van der Waals surface area contributed by atoms with E-state index in [0.29, 0.717) is 16.5 Å². The van der Waals surface area contributed by atoms with Crippen molar-refractivity contribution in [2.45, 2.75) is 46.1 Å². The van der Waals surface area contributed by atoms with E-state index in [4.69, 9.17) is 4.74 Å². The number of rotatable bonds is 9. The van der Waals surface area contributed by atoms with Crippen LogP contribution in [0.3, 0.4) is 0 Å². The molecule has 9 heteroatoms. The van der Waals surface area contributed by atoms with Crippen LogP contribution in [0.5, 0.6) is 0 Å². The molecule has 1 N–H and O–H groups in total. The lowest BCUT2D eigenvalue weighted by molar-refractivity contribution is -0.124. The minimum Gasteiger partial charge on any atom is -0.451 e. The van der Waals surface area contributed by atoms with Crippen LogP contribution in [-0.2, 0) is 9.53 Å². The molecule has 2 aromatic heterocycles. The number of ether oxygens (including phenoxy) is 1. The average molecular weight is 365 g/mol. The van der Waals surface area contributed by atoms with Crippen molar-refractivity contribution in [3.63, 3.8) is 0 Å². The van der Waals surface area contributed by atoms with Gasteiger partial charge in [0.15, 0.2) is 6.61 Å². The van der Waals surface area contributed by atoms with Crippen LogP contribution in [0.15, 0.2) is 17.8 Å². The zero-order valence-corrected chi connectivity index (χ0v) is 15.5. The summed E-state index contributed by atoms with van der Waals surface area (Å²) in [4.78, 5) is 24.5. The third-order valence-electron chi connectivity index (χ3n) is 3.59. The molecule has 2 rings (SSSR count). The number of amides is 1. The smallest absolute Gasteiger partial charge is 0.351 e. The van der Waals surface area contributed by atoms with Gasteiger partial charge in [-0.1, -0.05) is 26.7 Å². The van der Waals surface area contributed by atoms with E-state index >= 15 is 0 Å². The molecule has 1 atom stereocenters. The molecule has 0 saturated heterocycles. The average Bonchev–Trinajstić information content (AvgIpc) is 3.22. The fourth-order valence-electron chi connectivity index (χ4n) is 2.32. The number of carbonyl (C=O) groups is 2. The minimum atomic E-state index is -0.567. The lowest BCUT2D eigenvalue weighted by Crippen LogP contribution is -2.35. The summed E-state index contributed by atoms with van der Waals surface area (Å²) in [5, 5.41) is 15.4. The molecule has 0 spiro atoms. The highest BCUT2D eigenvalue weighted by Crippen LogP contribution is 2.20. The topological polar surface area (TPSA) is 99.0 Å². The Kier molecular flexibility index (Phi) is 7.05. The van der Waals surface area contributed by atoms with Gasteiger partial charge in [0.05, 0.1) is 5.69 Å². The van der Waals surface area contributed by atoms with E-state index in [-0.39, 0.29) is 18.6 Å². The van der Waals surface area contributed by atoms with Crippen molar-refractivity contribution in [3.05, 3.63) is 22.7 Å². The van der Waals surface area contributed by atoms with Crippen LogP contribution in [0.2, 0.25) is 0 Å². The van der Waals surface area contributed by atoms with Crippen LogP contribution >= 0.6 is 11.3 Å². The van der Waals surface area contributed by atoms with Crippen molar-refractivity contribution >= 4 is 23.2 Å². The van der Waals surface area contributed by atoms with Crippen molar-refractivity contribution in [1.82, 2.24) is 25.5 Å². The summed E-state index contributed by atoms with van der Waals surface area (Å²) in [6.07, 6.45) is 4.49. The second-order valence-corrected chi connectivity index (χ2v) is 7.17. The highest BCUT2D eigenvalue weighted by molar-refractivity contribution is 7.12. The first-order valence-electron chi connectivity index (χ1n) is 8.24. The quantitative estimate of drug-likeness (QED) is 0.684. The molecule has 2 aromatic rings. The first kappa shape index (κ1) is 19.0. The number of esters is 1. The number of nitrogens with one attached hydrogen (secondary N) is 1. The van der Waals surface area contributed by atoms with Gasteiger partial charge in [0, 0.05) is 6.04 Å². The van der Waals surface area contributed by atoms with Gasteiger partial charge in [-0.25, -0.2) is 4.79 Å². The number of carbonyl (C=O) groups excluding carboxylic acids is 2. The molecule has 1 unspecified atom stereocenters. The van der Waals surface area contributed by atoms with E-state index in [1.165, 1.54) is 22.3 Å². The second-order valence-electron chi connectivity index (χ2n) is 6.26. The zero-order valence-electron chi connectivity index (χ0n) is 14.6. The van der Waals surface area contributed by atoms with Crippen molar-refractivity contribution in [2.24, 2.45) is 5.92 Å². The van der Waals surface area contributed by atoms with Crippen LogP contribution in [0.1, 0.15) is 49.7 Å². The minimum absolute atomic E-state index is 0.0588. The van der Waals surface area contributed by atoms with Crippen molar-refractivity contribution < 1.29 is 14.3 Å². The fraction of sp³-hybridized carbons (Fsp3) is 0.562. The molecule has 0 aliphatic heterocycles. The standard InChI is InChI=1S/C16H23N5O3S/c1-11(2)5-4-6-12(3)18-14(22)9-24-16(23)15-13(7-8-25-15)21-10-17-19-20-21/h7-8,10-12H,4-6,9H2,1-3H3,(H,18,22). The summed E-state index contributed by atoms with van der Waals surface area (Å²) in [6.45, 7) is 6.00. The Morgan fingerprint density at radius 1 is 1.32 bits per heavy atom. The van der Waals surface area contributed by atoms with Crippen molar-refractivity contribution in [3.8, 4) is 5.69 Å². The zero-order chi connectivity index (χ0) is 18.2. The molecular weight excluding hydrogens is 342 g/mol. The van der Waals surface area contributed by atoms with E-state index in [9.17, 15) is 9.59 Å². The van der Waals surface area contributed by atoms with Gasteiger partial charge in [-0.3, -0.25) is 4.79 Å². The van der Waals surface area contributed by atoms with Crippen molar-refractivity contribution in [1.29, 1.82) is 0 Å². The van der Waals surface area contributed by atoms with E-state index < -0.39 is 5.97 Å². The molecule has 136 valence electrons. The van der Waals surface area contributed by atoms with Crippen LogP contribution in [0.4, 0.5) is 0 Å². The Morgan fingerprint density at radius 3 is 2.80 bits per heavy atom. The lowest BCUT2D eigenvalue weighted by Gasteiger charge is -2.14. The van der Waals surface area contributed by atoms with Gasteiger partial charge in [0.2, 0.25) is 0 Å². The Labute approximate surface area is 150 Å². The van der Waals surface area contributed by atoms with Gasteiger partial charge in [0.25, 0.3) is 5.91 Å². The number of hydrogen-bond donors (Lipinski definition) is 1. The third kappa shape index (κ3) is 5.93. The van der Waals surface area contributed by atoms with Crippen LogP contribution in [0, 0.1) is 5.92 Å². The van der Waals surface area contributed by atoms with E-state index in [2.05, 4.69) is 34.7 Å². The highest BCUT2D eigenvalue weighted by atomic mass is 32.1. The SMILES string of the molecule is CC(C)CCCC(C)NC(=O)COC(=O)c1sccc1-n1cnnn1. The molecule has 0 aromatic carbocycles. The van der Waals surface area contributed by atoms with Gasteiger partial charge >= 0.3 is 5.97 Å². The van der Waals surface area contributed by atoms with Gasteiger partial charge < -0.3 is 10.1 Å². The first-order valence-corrected chi connectivity index (χ1v) is 9.12. The predicted octanol–water partition coefficient (Wildman–Crippen LogP) is 2.21. The summed E-state index contributed by atoms with van der Waals surface area (Å²) in [5.41, 5.74) is 0.530. The monoisotopic (exact) mass is 365 g/mol. The molecule has 2 heterocycles. The van der Waals surface area contributed by atoms with Crippen LogP contribution in [0.25, 0.3) is 5.69 Å². The Balaban J connectivity index is 1.78. The summed E-state index contributed by atoms with van der Waals surface area (Å²) < 4.78 is 6.49. The largest absolute Gasteiger partial charge is 0.451 e. The first-order chi connectivity index (χ1) is 12.0. The summed E-state index contributed by atoms with van der Waals surface area (Å²) in [6, 6.07) is 1.78. The number of nitrogens with zero attached hydrogens (tertiary/aromatic N) is 4. The molecule has 0 aliphatic carbocycles. The van der Waals surface area contributed by atoms with E-state index in [0.717, 1.165) is 19.3 Å². The maximum absolute atomic E-state index is 12.2. The Morgan fingerprint density at radius 2 is 2.12 bits per heavy atom. The van der Waals surface area contributed by atoms with Crippen molar-refractivity contribution in [2.75, 3.05) is 6.61 Å². The number of aromatic nitrogens is 4. The molecule has 0 aliphatic rings. The maximum atomic E-state index is 12.2. The maximum Gasteiger partial charge on any atom is 0.351 e. The molecule has 0 saturated carbocycles. The molecule has 25 heavy (non-hydrogen) atoms. The van der Waals surface area contributed by atoms with Gasteiger partial charge in [-0.2, -0.15) is 4.68 Å². The van der Waals surface area contributed by atoms with E-state index in [1.807, 2.05) is 6.92 Å². The van der Waals surface area contributed by atoms with Gasteiger partial charge in [-0.15, -0.1) is 16.4 Å². The number of thiophene rings is 1. The Hall–Kier alpha value is -2.29. The van der Waals surface area contributed by atoms with Gasteiger partial charge in [-0.05, 0) is 41.1 Å². The summed E-state index contributed by atoms with van der Waals surface area (Å²) in [5.74, 6) is -0.210. The summed E-state index contributed by atoms with van der Waals surface area (Å²) >= 11 is 1.21. The summed E-state index contributed by atoms with van der Waals surface area (Å²) in [7, 11) is 0. The number of hydrogen-bond acceptors (Lipinski definition) is 7. The molecule has 0 radical (unpaired) electrons. The lowest BCUT2D eigenvalue weighted by atomic mass is 10.0. The second kappa shape index (κ2) is 9.26. The molecule has 0 bridgehead atoms. The predicted molar refractivity (Wildman–Crippen MR) is 93.6 cm³/mol. The van der Waals surface area contributed by atoms with Gasteiger partial charge in [0.1, 0.15) is 11.2 Å². The normalized spacial score (nSPS) is 12.2.